The third-order valence-electron chi connectivity index (χ3n) is 6.14. The molecule has 1 N–H and O–H groups in total. The second-order valence-corrected chi connectivity index (χ2v) is 8.20. The maximum Gasteiger partial charge on any atom is 0.291 e. The first-order valence-electron chi connectivity index (χ1n) is 10.9. The number of aryl methyl sites for hydroxylation is 1. The Bertz CT molecular complexity index is 1750. The number of ether oxygens (including phenoxy) is 1. The van der Waals surface area contributed by atoms with Crippen LogP contribution in [-0.2, 0) is 20.0 Å². The second kappa shape index (κ2) is 7.80. The van der Waals surface area contributed by atoms with Crippen molar-refractivity contribution in [1.29, 1.82) is 0 Å². The Kier molecular flexibility index (Phi) is 4.61. The van der Waals surface area contributed by atoms with Gasteiger partial charge in [-0.2, -0.15) is 10.2 Å². The Labute approximate surface area is 193 Å². The molecule has 6 rings (SSSR count). The summed E-state index contributed by atoms with van der Waals surface area (Å²) in [7, 11) is 3.47. The fourth-order valence-corrected chi connectivity index (χ4v) is 4.45. The maximum absolute atomic E-state index is 13.4. The number of hydrogen-bond donors (Lipinski definition) is 1. The zero-order valence-electron chi connectivity index (χ0n) is 18.7. The van der Waals surface area contributed by atoms with E-state index in [1.165, 1.54) is 4.68 Å². The number of fused-ring (bicyclic) bond motifs is 4. The molecule has 0 aliphatic heterocycles. The van der Waals surface area contributed by atoms with Crippen molar-refractivity contribution in [2.75, 3.05) is 7.11 Å². The molecule has 9 heteroatoms. The van der Waals surface area contributed by atoms with Crippen LogP contribution in [0.5, 0.6) is 5.88 Å². The summed E-state index contributed by atoms with van der Waals surface area (Å²) in [4.78, 5) is 22.8. The van der Waals surface area contributed by atoms with Crippen molar-refractivity contribution in [3.63, 3.8) is 0 Å². The highest BCUT2D eigenvalue weighted by molar-refractivity contribution is 6.05. The molecule has 0 unspecified atom stereocenters. The quantitative estimate of drug-likeness (QED) is 0.432. The molecule has 0 radical (unpaired) electrons. The summed E-state index contributed by atoms with van der Waals surface area (Å²) in [6.45, 7) is 0.355. The first-order chi connectivity index (χ1) is 16.6. The van der Waals surface area contributed by atoms with Crippen LogP contribution in [0.4, 0.5) is 0 Å². The van der Waals surface area contributed by atoms with E-state index in [1.54, 1.807) is 19.5 Å². The molecule has 5 aromatic heterocycles. The summed E-state index contributed by atoms with van der Waals surface area (Å²) in [5.74, 6) is 0.570. The fraction of sp³-hybridized carbons (Fsp3) is 0.160. The van der Waals surface area contributed by atoms with Crippen molar-refractivity contribution in [2.24, 2.45) is 7.05 Å². The van der Waals surface area contributed by atoms with Gasteiger partial charge in [-0.25, -0.2) is 14.6 Å². The van der Waals surface area contributed by atoms with Crippen molar-refractivity contribution in [3.05, 3.63) is 88.2 Å². The van der Waals surface area contributed by atoms with Crippen molar-refractivity contribution in [3.8, 4) is 5.88 Å². The number of aromatic nitrogens is 7. The van der Waals surface area contributed by atoms with Gasteiger partial charge in [0.15, 0.2) is 0 Å². The fourth-order valence-electron chi connectivity index (χ4n) is 4.45. The zero-order valence-corrected chi connectivity index (χ0v) is 18.7. The average molecular weight is 451 g/mol. The van der Waals surface area contributed by atoms with Crippen LogP contribution in [-0.4, -0.2) is 41.6 Å². The molecule has 0 spiro atoms. The molecule has 0 bridgehead atoms. The van der Waals surface area contributed by atoms with E-state index in [0.717, 1.165) is 44.3 Å². The van der Waals surface area contributed by atoms with Gasteiger partial charge in [-0.3, -0.25) is 9.89 Å². The average Bonchev–Trinajstić information content (AvgIpc) is 3.45. The smallest absolute Gasteiger partial charge is 0.291 e. The molecule has 34 heavy (non-hydrogen) atoms. The molecule has 0 fully saturated rings. The Morgan fingerprint density at radius 2 is 1.79 bits per heavy atom. The van der Waals surface area contributed by atoms with Gasteiger partial charge in [0.1, 0.15) is 11.2 Å². The molecule has 5 heterocycles. The lowest BCUT2D eigenvalue weighted by molar-refractivity contribution is 0.396. The number of nitrogens with zero attached hydrogens (tertiary/aromatic N) is 6. The Balaban J connectivity index is 1.42. The number of methoxy groups -OCH3 is 1. The number of pyridine rings is 2. The first-order valence-corrected chi connectivity index (χ1v) is 10.9. The second-order valence-electron chi connectivity index (χ2n) is 8.20. The van der Waals surface area contributed by atoms with Gasteiger partial charge in [0.05, 0.1) is 37.3 Å². The highest BCUT2D eigenvalue weighted by atomic mass is 16.5. The van der Waals surface area contributed by atoms with Crippen LogP contribution in [0.1, 0.15) is 17.0 Å². The van der Waals surface area contributed by atoms with Gasteiger partial charge in [0.2, 0.25) is 5.88 Å². The molecule has 0 saturated carbocycles. The summed E-state index contributed by atoms with van der Waals surface area (Å²) < 4.78 is 8.57. The molecule has 0 amide bonds. The van der Waals surface area contributed by atoms with E-state index in [1.807, 2.05) is 60.1 Å². The van der Waals surface area contributed by atoms with E-state index < -0.39 is 0 Å². The SMILES string of the molecule is COc1cccc(Cc2ccc3c4cnn(Cc5cccc6[nH]ncc56)c(=O)c4n(C)c3n2)n1. The minimum atomic E-state index is -0.158. The lowest BCUT2D eigenvalue weighted by atomic mass is 10.1. The zero-order chi connectivity index (χ0) is 23.2. The van der Waals surface area contributed by atoms with Crippen molar-refractivity contribution >= 4 is 32.8 Å². The van der Waals surface area contributed by atoms with E-state index in [-0.39, 0.29) is 5.56 Å². The van der Waals surface area contributed by atoms with Crippen molar-refractivity contribution in [1.82, 2.24) is 34.5 Å². The lowest BCUT2D eigenvalue weighted by Crippen LogP contribution is -2.24. The third-order valence-corrected chi connectivity index (χ3v) is 6.14. The lowest BCUT2D eigenvalue weighted by Gasteiger charge is -2.06. The molecular weight excluding hydrogens is 430 g/mol. The standard InChI is InChI=1S/C25H21N7O2/c1-31-23-20(13-27-32(25(23)33)14-15-5-3-7-21-19(15)12-26-30-21)18-10-9-17(29-24(18)31)11-16-6-4-8-22(28-16)34-2/h3-10,12-13H,11,14H2,1-2H3,(H,26,30). The first kappa shape index (κ1) is 20.1. The van der Waals surface area contributed by atoms with Gasteiger partial charge in [0.25, 0.3) is 5.56 Å². The van der Waals surface area contributed by atoms with Crippen molar-refractivity contribution in [2.45, 2.75) is 13.0 Å². The topological polar surface area (TPSA) is 104 Å². The van der Waals surface area contributed by atoms with E-state index in [9.17, 15) is 4.79 Å². The molecule has 0 aliphatic carbocycles. The number of benzene rings is 1. The van der Waals surface area contributed by atoms with Crippen LogP contribution in [0, 0.1) is 0 Å². The van der Waals surface area contributed by atoms with Gasteiger partial charge < -0.3 is 9.30 Å². The van der Waals surface area contributed by atoms with Crippen LogP contribution in [0.3, 0.4) is 0 Å². The molecule has 1 aromatic carbocycles. The van der Waals surface area contributed by atoms with E-state index in [4.69, 9.17) is 9.72 Å². The molecule has 0 saturated heterocycles. The summed E-state index contributed by atoms with van der Waals surface area (Å²) >= 11 is 0. The minimum Gasteiger partial charge on any atom is -0.481 e. The van der Waals surface area contributed by atoms with Crippen molar-refractivity contribution < 1.29 is 4.74 Å². The van der Waals surface area contributed by atoms with E-state index in [0.29, 0.717) is 24.4 Å². The Morgan fingerprint density at radius 3 is 2.68 bits per heavy atom. The number of rotatable bonds is 5. The van der Waals surface area contributed by atoms with Crippen LogP contribution in [0.2, 0.25) is 0 Å². The predicted molar refractivity (Wildman–Crippen MR) is 129 cm³/mol. The molecule has 6 aromatic rings. The maximum atomic E-state index is 13.4. The molecule has 9 nitrogen and oxygen atoms in total. The normalized spacial score (nSPS) is 11.6. The van der Waals surface area contributed by atoms with Gasteiger partial charge in [-0.05, 0) is 29.8 Å². The van der Waals surface area contributed by atoms with Gasteiger partial charge in [0, 0.05) is 41.4 Å². The summed E-state index contributed by atoms with van der Waals surface area (Å²) in [5, 5.41) is 14.2. The Hall–Kier alpha value is -4.53. The molecule has 0 aliphatic rings. The monoisotopic (exact) mass is 451 g/mol. The number of hydrogen-bond acceptors (Lipinski definition) is 6. The minimum absolute atomic E-state index is 0.158. The third kappa shape index (κ3) is 3.21. The largest absolute Gasteiger partial charge is 0.481 e. The van der Waals surface area contributed by atoms with E-state index in [2.05, 4.69) is 20.3 Å². The Morgan fingerprint density at radius 1 is 0.941 bits per heavy atom. The summed E-state index contributed by atoms with van der Waals surface area (Å²) in [6, 6.07) is 15.5. The van der Waals surface area contributed by atoms with E-state index >= 15 is 0 Å². The predicted octanol–water partition coefficient (Wildman–Crippen LogP) is 3.20. The highest BCUT2D eigenvalue weighted by Gasteiger charge is 2.16. The van der Waals surface area contributed by atoms with Gasteiger partial charge >= 0.3 is 0 Å². The molecule has 0 atom stereocenters. The molecular formula is C25H21N7O2. The summed E-state index contributed by atoms with van der Waals surface area (Å²) in [5.41, 5.74) is 4.79. The summed E-state index contributed by atoms with van der Waals surface area (Å²) in [6.07, 6.45) is 4.08. The number of aromatic amines is 1. The van der Waals surface area contributed by atoms with Crippen LogP contribution in [0.15, 0.2) is 65.7 Å². The van der Waals surface area contributed by atoms with Gasteiger partial charge in [-0.15, -0.1) is 0 Å². The van der Waals surface area contributed by atoms with Crippen LogP contribution >= 0.6 is 0 Å². The van der Waals surface area contributed by atoms with Gasteiger partial charge in [-0.1, -0.05) is 18.2 Å². The highest BCUT2D eigenvalue weighted by Crippen LogP contribution is 2.25. The van der Waals surface area contributed by atoms with Crippen LogP contribution in [0.25, 0.3) is 32.8 Å². The number of H-pyrrole nitrogens is 1. The molecule has 168 valence electrons. The number of nitrogens with one attached hydrogen (secondary N) is 1. The van der Waals surface area contributed by atoms with Crippen LogP contribution < -0.4 is 10.3 Å².